The Labute approximate surface area is 305 Å². The minimum atomic E-state index is 0.812. The molecule has 11 rings (SSSR count). The van der Waals surface area contributed by atoms with Gasteiger partial charge < -0.3 is 18.3 Å². The molecule has 0 N–H and O–H groups in total. The van der Waals surface area contributed by atoms with E-state index in [-0.39, 0.29) is 0 Å². The summed E-state index contributed by atoms with van der Waals surface area (Å²) >= 11 is 0. The van der Waals surface area contributed by atoms with Crippen molar-refractivity contribution in [2.24, 2.45) is 0 Å². The Morgan fingerprint density at radius 1 is 0.453 bits per heavy atom. The maximum atomic E-state index is 6.68. The van der Waals surface area contributed by atoms with Crippen LogP contribution in [0.2, 0.25) is 0 Å². The molecule has 0 aliphatic carbocycles. The monoisotopic (exact) mass is 680 g/mol. The first-order valence-electron chi connectivity index (χ1n) is 18.0. The van der Waals surface area contributed by atoms with Crippen molar-refractivity contribution >= 4 is 65.6 Å². The minimum absolute atomic E-state index is 0.812. The number of fused-ring (bicyclic) bond motifs is 9. The number of para-hydroxylation sites is 4. The molecule has 11 aromatic rings. The topological polar surface area (TPSA) is 32.2 Å². The van der Waals surface area contributed by atoms with Crippen LogP contribution >= 0.6 is 0 Å². The molecule has 0 atom stereocenters. The first-order chi connectivity index (χ1) is 26.2. The lowest BCUT2D eigenvalue weighted by atomic mass is 9.97. The van der Waals surface area contributed by atoms with E-state index in [2.05, 4.69) is 162 Å². The van der Waals surface area contributed by atoms with Gasteiger partial charge in [0, 0.05) is 43.7 Å². The highest BCUT2D eigenvalue weighted by molar-refractivity contribution is 6.17. The Hall–Kier alpha value is -7.04. The number of hydrogen-bond donors (Lipinski definition) is 0. The second kappa shape index (κ2) is 11.5. The van der Waals surface area contributed by atoms with Crippen LogP contribution < -0.4 is 4.74 Å². The lowest BCUT2D eigenvalue weighted by Crippen LogP contribution is -1.97. The SMILES string of the molecule is Cc1ccc2c3cc(-c4cccc5oc6ccc(-n7c8ccccc8c8ccccc87)cc6c45)ccc3n(-c3ccccc3)c2c1Oc1ccccc1. The van der Waals surface area contributed by atoms with Crippen molar-refractivity contribution in [3.8, 4) is 34.0 Å². The van der Waals surface area contributed by atoms with E-state index in [1.165, 1.54) is 21.8 Å². The third-order valence-electron chi connectivity index (χ3n) is 10.7. The van der Waals surface area contributed by atoms with Gasteiger partial charge in [0.25, 0.3) is 0 Å². The van der Waals surface area contributed by atoms with Gasteiger partial charge in [0.1, 0.15) is 16.9 Å². The Kier molecular flexibility index (Phi) is 6.43. The minimum Gasteiger partial charge on any atom is -0.456 e. The fraction of sp³-hybridized carbons (Fsp3) is 0.0204. The number of nitrogens with zero attached hydrogens (tertiary/aromatic N) is 2. The zero-order valence-electron chi connectivity index (χ0n) is 29.0. The number of aromatic nitrogens is 2. The lowest BCUT2D eigenvalue weighted by molar-refractivity contribution is 0.483. The van der Waals surface area contributed by atoms with E-state index in [1.54, 1.807) is 0 Å². The molecule has 0 saturated heterocycles. The molecule has 0 fully saturated rings. The van der Waals surface area contributed by atoms with E-state index in [9.17, 15) is 0 Å². The van der Waals surface area contributed by atoms with Crippen LogP contribution in [0.15, 0.2) is 180 Å². The molecule has 0 saturated carbocycles. The highest BCUT2D eigenvalue weighted by atomic mass is 16.5. The van der Waals surface area contributed by atoms with E-state index in [1.807, 2.05) is 30.3 Å². The van der Waals surface area contributed by atoms with Crippen LogP contribution in [0, 0.1) is 6.92 Å². The third kappa shape index (κ3) is 4.49. The average molecular weight is 681 g/mol. The molecule has 3 heterocycles. The van der Waals surface area contributed by atoms with E-state index in [0.29, 0.717) is 0 Å². The van der Waals surface area contributed by atoms with Crippen molar-refractivity contribution in [2.75, 3.05) is 0 Å². The van der Waals surface area contributed by atoms with Crippen LogP contribution in [0.1, 0.15) is 5.56 Å². The summed E-state index contributed by atoms with van der Waals surface area (Å²) in [7, 11) is 0. The summed E-state index contributed by atoms with van der Waals surface area (Å²) in [5.74, 6) is 1.67. The van der Waals surface area contributed by atoms with Gasteiger partial charge in [-0.1, -0.05) is 103 Å². The quantitative estimate of drug-likeness (QED) is 0.181. The molecule has 3 aromatic heterocycles. The second-order valence-electron chi connectivity index (χ2n) is 13.8. The van der Waals surface area contributed by atoms with Crippen LogP contribution in [0.5, 0.6) is 11.5 Å². The number of aryl methyl sites for hydroxylation is 1. The third-order valence-corrected chi connectivity index (χ3v) is 10.7. The highest BCUT2D eigenvalue weighted by Crippen LogP contribution is 2.44. The molecule has 4 heteroatoms. The second-order valence-corrected chi connectivity index (χ2v) is 13.8. The Morgan fingerprint density at radius 3 is 1.92 bits per heavy atom. The Morgan fingerprint density at radius 2 is 1.15 bits per heavy atom. The molecular formula is C49H32N2O2. The van der Waals surface area contributed by atoms with Crippen molar-refractivity contribution < 1.29 is 9.15 Å². The number of benzene rings is 8. The summed E-state index contributed by atoms with van der Waals surface area (Å²) in [4.78, 5) is 0. The molecule has 53 heavy (non-hydrogen) atoms. The molecule has 0 aliphatic rings. The molecule has 0 aliphatic heterocycles. The summed E-state index contributed by atoms with van der Waals surface area (Å²) in [6.45, 7) is 2.12. The highest BCUT2D eigenvalue weighted by Gasteiger charge is 2.21. The lowest BCUT2D eigenvalue weighted by Gasteiger charge is -2.14. The Bertz CT molecular complexity index is 3150. The first kappa shape index (κ1) is 29.7. The standard InChI is InChI=1S/C49H32N2O2/c1-31-23-26-39-40-29-32(24-27-44(40)51(33-13-4-2-5-14-33)48(39)49(31)52-35-15-6-3-7-16-35)36-19-12-22-46-47(36)41-30-34(25-28-45(41)53-46)50-42-20-10-8-17-37(42)38-18-9-11-21-43(38)50/h2-30H,1H3. The van der Waals surface area contributed by atoms with Gasteiger partial charge in [-0.25, -0.2) is 0 Å². The van der Waals surface area contributed by atoms with Gasteiger partial charge in [-0.3, -0.25) is 0 Å². The summed E-state index contributed by atoms with van der Waals surface area (Å²) in [6.07, 6.45) is 0. The van der Waals surface area contributed by atoms with Gasteiger partial charge >= 0.3 is 0 Å². The maximum absolute atomic E-state index is 6.68. The number of furan rings is 1. The van der Waals surface area contributed by atoms with Crippen molar-refractivity contribution in [1.82, 2.24) is 9.13 Å². The summed E-state index contributed by atoms with van der Waals surface area (Å²) < 4.78 is 17.9. The predicted octanol–water partition coefficient (Wildman–Crippen LogP) is 13.5. The van der Waals surface area contributed by atoms with Crippen LogP contribution in [0.3, 0.4) is 0 Å². The zero-order chi connectivity index (χ0) is 35.0. The molecule has 0 spiro atoms. The number of hydrogen-bond acceptors (Lipinski definition) is 2. The molecule has 8 aromatic carbocycles. The normalized spacial score (nSPS) is 11.9. The van der Waals surface area contributed by atoms with Crippen LogP contribution in [0.25, 0.3) is 88.1 Å². The van der Waals surface area contributed by atoms with Crippen LogP contribution in [-0.2, 0) is 0 Å². The fourth-order valence-corrected chi connectivity index (χ4v) is 8.32. The number of rotatable bonds is 5. The van der Waals surface area contributed by atoms with Gasteiger partial charge in [0.05, 0.1) is 22.1 Å². The van der Waals surface area contributed by atoms with E-state index < -0.39 is 0 Å². The summed E-state index contributed by atoms with van der Waals surface area (Å²) in [5, 5.41) is 7.00. The predicted molar refractivity (Wildman–Crippen MR) is 219 cm³/mol. The summed E-state index contributed by atoms with van der Waals surface area (Å²) in [5.41, 5.74) is 11.8. The average Bonchev–Trinajstić information content (AvgIpc) is 3.87. The smallest absolute Gasteiger partial charge is 0.154 e. The Balaban J connectivity index is 1.15. The van der Waals surface area contributed by atoms with Crippen molar-refractivity contribution in [3.63, 3.8) is 0 Å². The fourth-order valence-electron chi connectivity index (χ4n) is 8.32. The van der Waals surface area contributed by atoms with Crippen molar-refractivity contribution in [3.05, 3.63) is 181 Å². The molecular weight excluding hydrogens is 649 g/mol. The van der Waals surface area contributed by atoms with Gasteiger partial charge in [-0.15, -0.1) is 0 Å². The zero-order valence-corrected chi connectivity index (χ0v) is 29.0. The van der Waals surface area contributed by atoms with Gasteiger partial charge in [-0.05, 0) is 96.4 Å². The number of ether oxygens (including phenoxy) is 1. The van der Waals surface area contributed by atoms with E-state index in [0.717, 1.165) is 83.3 Å². The molecule has 0 amide bonds. The van der Waals surface area contributed by atoms with Gasteiger partial charge in [-0.2, -0.15) is 0 Å². The molecule has 0 bridgehead atoms. The van der Waals surface area contributed by atoms with Crippen molar-refractivity contribution in [2.45, 2.75) is 6.92 Å². The van der Waals surface area contributed by atoms with E-state index in [4.69, 9.17) is 9.15 Å². The van der Waals surface area contributed by atoms with Crippen LogP contribution in [0.4, 0.5) is 0 Å². The molecule has 250 valence electrons. The van der Waals surface area contributed by atoms with E-state index >= 15 is 0 Å². The molecule has 0 unspecified atom stereocenters. The van der Waals surface area contributed by atoms with Crippen molar-refractivity contribution in [1.29, 1.82) is 0 Å². The molecule has 0 radical (unpaired) electrons. The van der Waals surface area contributed by atoms with Gasteiger partial charge in [0.2, 0.25) is 0 Å². The summed E-state index contributed by atoms with van der Waals surface area (Å²) in [6, 6.07) is 62.1. The largest absolute Gasteiger partial charge is 0.456 e. The molecule has 4 nitrogen and oxygen atoms in total. The van der Waals surface area contributed by atoms with Gasteiger partial charge in [0.15, 0.2) is 5.75 Å². The maximum Gasteiger partial charge on any atom is 0.154 e. The first-order valence-corrected chi connectivity index (χ1v) is 18.0. The van der Waals surface area contributed by atoms with Crippen LogP contribution in [-0.4, -0.2) is 9.13 Å².